The number of nitrogens with zero attached hydrogens (tertiary/aromatic N) is 6. The van der Waals surface area contributed by atoms with Crippen molar-refractivity contribution in [2.75, 3.05) is 19.0 Å². The fourth-order valence-corrected chi connectivity index (χ4v) is 3.18. The maximum Gasteiger partial charge on any atom is 0.335 e. The number of hydrogen-bond acceptors (Lipinski definition) is 8. The highest BCUT2D eigenvalue weighted by Crippen LogP contribution is 2.29. The van der Waals surface area contributed by atoms with E-state index in [1.807, 2.05) is 43.3 Å². The number of thiazole rings is 1. The van der Waals surface area contributed by atoms with Crippen LogP contribution in [0.1, 0.15) is 10.4 Å². The molecule has 2 aromatic heterocycles. The molecule has 0 aliphatic heterocycles. The molecule has 2 heterocycles. The Labute approximate surface area is 157 Å². The van der Waals surface area contributed by atoms with Crippen LogP contribution >= 0.6 is 11.3 Å². The number of carbonyl (C=O) groups is 1. The monoisotopic (exact) mass is 378 g/mol. The molecule has 0 aliphatic carbocycles. The lowest BCUT2D eigenvalue weighted by atomic mass is 10.2. The van der Waals surface area contributed by atoms with E-state index in [4.69, 9.17) is 5.11 Å². The summed E-state index contributed by atoms with van der Waals surface area (Å²) < 4.78 is 0. The van der Waals surface area contributed by atoms with Gasteiger partial charge in [0.1, 0.15) is 0 Å². The summed E-state index contributed by atoms with van der Waals surface area (Å²) >= 11 is 1.28. The molecule has 0 amide bonds. The Morgan fingerprint density at radius 1 is 1.00 bits per heavy atom. The number of fused-ring (bicyclic) bond motifs is 2. The minimum atomic E-state index is -1.01. The highest BCUT2D eigenvalue weighted by Gasteiger charge is 2.10. The summed E-state index contributed by atoms with van der Waals surface area (Å²) in [4.78, 5) is 26.9. The molecule has 4 aromatic rings. The smallest absolute Gasteiger partial charge is 0.335 e. The molecule has 9 heteroatoms. The largest absolute Gasteiger partial charge is 0.478 e. The van der Waals surface area contributed by atoms with Gasteiger partial charge in [-0.25, -0.2) is 14.8 Å². The molecule has 8 nitrogen and oxygen atoms in total. The lowest BCUT2D eigenvalue weighted by molar-refractivity contribution is 0.0697. The van der Waals surface area contributed by atoms with Gasteiger partial charge in [-0.15, -0.1) is 10.2 Å². The summed E-state index contributed by atoms with van der Waals surface area (Å²) in [6.07, 6.45) is 0. The van der Waals surface area contributed by atoms with Gasteiger partial charge in [-0.05, 0) is 42.5 Å². The van der Waals surface area contributed by atoms with Gasteiger partial charge in [0.15, 0.2) is 10.5 Å². The van der Waals surface area contributed by atoms with Crippen molar-refractivity contribution in [3.8, 4) is 0 Å². The highest BCUT2D eigenvalue weighted by molar-refractivity contribution is 7.21. The van der Waals surface area contributed by atoms with Gasteiger partial charge in [0.25, 0.3) is 0 Å². The second-order valence-electron chi connectivity index (χ2n) is 5.97. The van der Waals surface area contributed by atoms with Crippen LogP contribution in [0, 0.1) is 0 Å². The van der Waals surface area contributed by atoms with Crippen LogP contribution in [0.5, 0.6) is 0 Å². The van der Waals surface area contributed by atoms with Crippen LogP contribution in [0.4, 0.5) is 16.5 Å². The first-order chi connectivity index (χ1) is 13.0. The number of aromatic carboxylic acids is 1. The number of hydrogen-bond donors (Lipinski definition) is 1. The number of carboxylic acid groups (broad SMARTS) is 1. The molecule has 27 heavy (non-hydrogen) atoms. The third-order valence-corrected chi connectivity index (χ3v) is 4.69. The zero-order valence-corrected chi connectivity index (χ0v) is 15.3. The van der Waals surface area contributed by atoms with Crippen LogP contribution in [0.25, 0.3) is 21.5 Å². The van der Waals surface area contributed by atoms with Crippen molar-refractivity contribution in [3.05, 3.63) is 48.0 Å². The Balaban J connectivity index is 1.66. The maximum atomic E-state index is 11.1. The average molecular weight is 378 g/mol. The first-order valence-corrected chi connectivity index (χ1v) is 8.82. The summed E-state index contributed by atoms with van der Waals surface area (Å²) in [5.74, 6) is -1.01. The third-order valence-electron chi connectivity index (χ3n) is 3.87. The lowest BCUT2D eigenvalue weighted by Crippen LogP contribution is -2.07. The van der Waals surface area contributed by atoms with Gasteiger partial charge in [-0.1, -0.05) is 11.3 Å². The van der Waals surface area contributed by atoms with Crippen LogP contribution in [0.2, 0.25) is 0 Å². The van der Waals surface area contributed by atoms with Gasteiger partial charge in [0, 0.05) is 19.8 Å². The Morgan fingerprint density at radius 3 is 2.48 bits per heavy atom. The number of aromatic nitrogens is 3. The standard InChI is InChI=1S/C18H14N6O2S/c1-24(2)12-6-4-11(5-7-12)22-23-18-21-15-16(27-18)20-13-8-3-10(17(25)26)9-14(13)19-15/h3-9H,1-2H3,(H,25,26). The molecule has 0 spiro atoms. The van der Waals surface area contributed by atoms with E-state index in [-0.39, 0.29) is 5.56 Å². The molecule has 4 rings (SSSR count). The predicted octanol–water partition coefficient (Wildman–Crippen LogP) is 4.42. The molecule has 134 valence electrons. The Bertz CT molecular complexity index is 1180. The van der Waals surface area contributed by atoms with E-state index >= 15 is 0 Å². The normalized spacial score (nSPS) is 11.5. The van der Waals surface area contributed by atoms with E-state index < -0.39 is 5.97 Å². The SMILES string of the molecule is CN(C)c1ccc(N=Nc2nc3nc4cc(C(=O)O)ccc4nc3s2)cc1. The fourth-order valence-electron chi connectivity index (χ4n) is 2.46. The summed E-state index contributed by atoms with van der Waals surface area (Å²) in [6, 6.07) is 12.3. The second-order valence-corrected chi connectivity index (χ2v) is 6.92. The van der Waals surface area contributed by atoms with Crippen LogP contribution in [-0.2, 0) is 0 Å². The van der Waals surface area contributed by atoms with Gasteiger partial charge < -0.3 is 10.0 Å². The van der Waals surface area contributed by atoms with E-state index in [0.29, 0.717) is 26.6 Å². The molecule has 0 aliphatic rings. The van der Waals surface area contributed by atoms with Crippen molar-refractivity contribution in [1.82, 2.24) is 15.0 Å². The van der Waals surface area contributed by atoms with Crippen LogP contribution in [0.3, 0.4) is 0 Å². The van der Waals surface area contributed by atoms with E-state index in [9.17, 15) is 4.79 Å². The van der Waals surface area contributed by atoms with Gasteiger partial charge >= 0.3 is 5.97 Å². The van der Waals surface area contributed by atoms with Crippen molar-refractivity contribution in [1.29, 1.82) is 0 Å². The zero-order valence-electron chi connectivity index (χ0n) is 14.5. The summed E-state index contributed by atoms with van der Waals surface area (Å²) in [6.45, 7) is 0. The lowest BCUT2D eigenvalue weighted by Gasteiger charge is -2.11. The van der Waals surface area contributed by atoms with E-state index in [1.165, 1.54) is 23.5 Å². The minimum Gasteiger partial charge on any atom is -0.478 e. The van der Waals surface area contributed by atoms with Crippen LogP contribution in [0.15, 0.2) is 52.7 Å². The van der Waals surface area contributed by atoms with Crippen molar-refractivity contribution in [3.63, 3.8) is 0 Å². The first-order valence-electron chi connectivity index (χ1n) is 8.00. The molecule has 0 bridgehead atoms. The van der Waals surface area contributed by atoms with Crippen molar-refractivity contribution >= 4 is 55.3 Å². The Hall–Kier alpha value is -3.46. The van der Waals surface area contributed by atoms with Crippen LogP contribution < -0.4 is 4.90 Å². The number of benzene rings is 2. The zero-order chi connectivity index (χ0) is 19.0. The molecule has 1 N–H and O–H groups in total. The molecule has 2 aromatic carbocycles. The number of rotatable bonds is 4. The van der Waals surface area contributed by atoms with E-state index in [1.54, 1.807) is 6.07 Å². The molecule has 0 fully saturated rings. The Morgan fingerprint density at radius 2 is 1.78 bits per heavy atom. The molecule has 0 saturated heterocycles. The number of anilines is 1. The topological polar surface area (TPSA) is 104 Å². The summed E-state index contributed by atoms with van der Waals surface area (Å²) in [5.41, 5.74) is 3.47. The van der Waals surface area contributed by atoms with Gasteiger partial charge in [0.05, 0.1) is 22.3 Å². The highest BCUT2D eigenvalue weighted by atomic mass is 32.1. The van der Waals surface area contributed by atoms with Crippen molar-refractivity contribution in [2.45, 2.75) is 0 Å². The quantitative estimate of drug-likeness (QED) is 0.527. The van der Waals surface area contributed by atoms with E-state index in [2.05, 4.69) is 25.2 Å². The van der Waals surface area contributed by atoms with Gasteiger partial charge in [-0.3, -0.25) is 0 Å². The van der Waals surface area contributed by atoms with Crippen LogP contribution in [-0.4, -0.2) is 40.1 Å². The molecule has 0 unspecified atom stereocenters. The Kier molecular flexibility index (Phi) is 4.21. The van der Waals surface area contributed by atoms with Crippen molar-refractivity contribution < 1.29 is 9.90 Å². The van der Waals surface area contributed by atoms with Gasteiger partial charge in [0.2, 0.25) is 5.13 Å². The second kappa shape index (κ2) is 6.69. The molecular weight excluding hydrogens is 364 g/mol. The molecular formula is C18H14N6O2S. The van der Waals surface area contributed by atoms with Gasteiger partial charge in [-0.2, -0.15) is 4.98 Å². The minimum absolute atomic E-state index is 0.160. The predicted molar refractivity (Wildman–Crippen MR) is 105 cm³/mol. The fraction of sp³-hybridized carbons (Fsp3) is 0.111. The molecule has 0 saturated carbocycles. The maximum absolute atomic E-state index is 11.1. The first kappa shape index (κ1) is 17.0. The van der Waals surface area contributed by atoms with E-state index in [0.717, 1.165) is 11.4 Å². The molecule has 0 radical (unpaired) electrons. The number of carboxylic acids is 1. The summed E-state index contributed by atoms with van der Waals surface area (Å²) in [5, 5.41) is 17.9. The molecule has 0 atom stereocenters. The number of azo groups is 1. The average Bonchev–Trinajstić information content (AvgIpc) is 3.05. The van der Waals surface area contributed by atoms with Crippen molar-refractivity contribution in [2.24, 2.45) is 10.2 Å². The summed E-state index contributed by atoms with van der Waals surface area (Å²) in [7, 11) is 3.95. The third kappa shape index (κ3) is 3.44.